The monoisotopic (exact) mass is 376 g/mol. The van der Waals surface area contributed by atoms with Gasteiger partial charge >= 0.3 is 0 Å². The lowest BCUT2D eigenvalue weighted by molar-refractivity contribution is 0.0949. The van der Waals surface area contributed by atoms with Crippen molar-refractivity contribution < 1.29 is 4.79 Å². The lowest BCUT2D eigenvalue weighted by Crippen LogP contribution is -2.25. The molecule has 1 N–H and O–H groups in total. The molecule has 0 aliphatic carbocycles. The number of nitrogens with zero attached hydrogens (tertiary/aromatic N) is 3. The van der Waals surface area contributed by atoms with E-state index in [0.717, 1.165) is 22.4 Å². The third-order valence-corrected chi connectivity index (χ3v) is 4.74. The zero-order chi connectivity index (χ0) is 18.6. The van der Waals surface area contributed by atoms with E-state index < -0.39 is 0 Å². The average molecular weight is 377 g/mol. The maximum atomic E-state index is 12.4. The van der Waals surface area contributed by atoms with Gasteiger partial charge in [-0.1, -0.05) is 41.9 Å². The molecular formula is C21H17ClN4O. The third kappa shape index (κ3) is 3.68. The molecule has 0 unspecified atom stereocenters. The maximum Gasteiger partial charge on any atom is 0.251 e. The number of fused-ring (bicyclic) bond motifs is 1. The number of rotatable bonds is 5. The second-order valence-electron chi connectivity index (χ2n) is 6.11. The molecule has 1 amide bonds. The Kier molecular flexibility index (Phi) is 4.85. The van der Waals surface area contributed by atoms with E-state index in [0.29, 0.717) is 23.7 Å². The van der Waals surface area contributed by atoms with Gasteiger partial charge in [0.05, 0.1) is 24.1 Å². The Bertz CT molecular complexity index is 1090. The summed E-state index contributed by atoms with van der Waals surface area (Å²) < 4.78 is 2.09. The number of halogens is 1. The topological polar surface area (TPSA) is 59.8 Å². The Morgan fingerprint density at radius 1 is 1.00 bits per heavy atom. The van der Waals surface area contributed by atoms with Crippen LogP contribution in [0.5, 0.6) is 0 Å². The van der Waals surface area contributed by atoms with Crippen LogP contribution in [0.25, 0.3) is 11.0 Å². The van der Waals surface area contributed by atoms with Crippen LogP contribution < -0.4 is 5.32 Å². The molecule has 0 bridgehead atoms. The number of aromatic nitrogens is 3. The molecule has 2 aromatic carbocycles. The van der Waals surface area contributed by atoms with Crippen molar-refractivity contribution in [2.45, 2.75) is 13.1 Å². The molecule has 0 spiro atoms. The van der Waals surface area contributed by atoms with Gasteiger partial charge in [0, 0.05) is 23.0 Å². The van der Waals surface area contributed by atoms with Crippen molar-refractivity contribution in [3.63, 3.8) is 0 Å². The van der Waals surface area contributed by atoms with Crippen molar-refractivity contribution in [3.05, 3.63) is 95.0 Å². The summed E-state index contributed by atoms with van der Waals surface area (Å²) in [6.45, 7) is 0.904. The van der Waals surface area contributed by atoms with E-state index >= 15 is 0 Å². The van der Waals surface area contributed by atoms with Crippen LogP contribution in [-0.4, -0.2) is 20.4 Å². The van der Waals surface area contributed by atoms with E-state index in [-0.39, 0.29) is 5.91 Å². The summed E-state index contributed by atoms with van der Waals surface area (Å²) in [4.78, 5) is 21.0. The Morgan fingerprint density at radius 2 is 1.74 bits per heavy atom. The van der Waals surface area contributed by atoms with Crippen LogP contribution in [0, 0.1) is 0 Å². The van der Waals surface area contributed by atoms with Crippen LogP contribution in [-0.2, 0) is 13.1 Å². The lowest BCUT2D eigenvalue weighted by Gasteiger charge is -2.11. The third-order valence-electron chi connectivity index (χ3n) is 4.37. The number of carbonyl (C=O) groups excluding carboxylic acids is 1. The number of benzene rings is 2. The second-order valence-corrected chi connectivity index (χ2v) is 6.52. The molecule has 0 saturated heterocycles. The number of hydrogen-bond acceptors (Lipinski definition) is 3. The second kappa shape index (κ2) is 7.60. The predicted molar refractivity (Wildman–Crippen MR) is 106 cm³/mol. The molecule has 0 radical (unpaired) electrons. The molecule has 0 fully saturated rings. The van der Waals surface area contributed by atoms with E-state index in [4.69, 9.17) is 16.6 Å². The van der Waals surface area contributed by atoms with Crippen molar-refractivity contribution in [3.8, 4) is 0 Å². The van der Waals surface area contributed by atoms with Gasteiger partial charge in [-0.25, -0.2) is 4.98 Å². The van der Waals surface area contributed by atoms with Crippen LogP contribution in [0.15, 0.2) is 73.1 Å². The molecule has 27 heavy (non-hydrogen) atoms. The number of hydrogen-bond donors (Lipinski definition) is 1. The van der Waals surface area contributed by atoms with Gasteiger partial charge in [0.1, 0.15) is 5.82 Å². The summed E-state index contributed by atoms with van der Waals surface area (Å²) in [5, 5.41) is 3.64. The number of para-hydroxylation sites is 2. The fraction of sp³-hybridized carbons (Fsp3) is 0.0952. The minimum atomic E-state index is -0.159. The minimum absolute atomic E-state index is 0.159. The van der Waals surface area contributed by atoms with E-state index in [2.05, 4.69) is 14.9 Å². The highest BCUT2D eigenvalue weighted by molar-refractivity contribution is 6.31. The van der Waals surface area contributed by atoms with Gasteiger partial charge < -0.3 is 9.88 Å². The Balaban J connectivity index is 1.64. The largest absolute Gasteiger partial charge is 0.345 e. The summed E-state index contributed by atoms with van der Waals surface area (Å²) in [7, 11) is 0. The summed E-state index contributed by atoms with van der Waals surface area (Å²) >= 11 is 6.34. The first-order valence-corrected chi connectivity index (χ1v) is 8.96. The van der Waals surface area contributed by atoms with E-state index in [1.54, 1.807) is 24.5 Å². The normalized spacial score (nSPS) is 10.9. The number of pyridine rings is 1. The van der Waals surface area contributed by atoms with Crippen LogP contribution in [0.4, 0.5) is 0 Å². The maximum absolute atomic E-state index is 12.4. The molecule has 0 atom stereocenters. The minimum Gasteiger partial charge on any atom is -0.345 e. The van der Waals surface area contributed by atoms with Crippen molar-refractivity contribution in [1.29, 1.82) is 0 Å². The van der Waals surface area contributed by atoms with Gasteiger partial charge in [-0.2, -0.15) is 0 Å². The fourth-order valence-electron chi connectivity index (χ4n) is 3.00. The van der Waals surface area contributed by atoms with Crippen molar-refractivity contribution >= 4 is 28.5 Å². The molecule has 4 rings (SSSR count). The smallest absolute Gasteiger partial charge is 0.251 e. The molecule has 0 saturated carbocycles. The van der Waals surface area contributed by atoms with Gasteiger partial charge in [-0.15, -0.1) is 0 Å². The molecule has 4 aromatic rings. The van der Waals surface area contributed by atoms with Crippen LogP contribution >= 0.6 is 11.6 Å². The Hall–Kier alpha value is -3.18. The molecule has 0 aliphatic heterocycles. The predicted octanol–water partition coefficient (Wildman–Crippen LogP) is 4.06. The SMILES string of the molecule is O=C(NCc1nc2ccccc2n1Cc1ccccc1Cl)c1ccncc1. The van der Waals surface area contributed by atoms with Gasteiger partial charge in [-0.3, -0.25) is 9.78 Å². The summed E-state index contributed by atoms with van der Waals surface area (Å²) in [6.07, 6.45) is 3.20. The first-order chi connectivity index (χ1) is 13.2. The highest BCUT2D eigenvalue weighted by Gasteiger charge is 2.13. The first kappa shape index (κ1) is 17.2. The van der Waals surface area contributed by atoms with Crippen LogP contribution in [0.2, 0.25) is 5.02 Å². The van der Waals surface area contributed by atoms with E-state index in [9.17, 15) is 4.79 Å². The van der Waals surface area contributed by atoms with Gasteiger partial charge in [0.2, 0.25) is 0 Å². The number of amides is 1. The quantitative estimate of drug-likeness (QED) is 0.571. The Labute approximate surface area is 161 Å². The van der Waals surface area contributed by atoms with E-state index in [1.165, 1.54) is 0 Å². The van der Waals surface area contributed by atoms with Gasteiger partial charge in [0.25, 0.3) is 5.91 Å². The number of carbonyl (C=O) groups is 1. The van der Waals surface area contributed by atoms with E-state index in [1.807, 2.05) is 48.5 Å². The molecule has 2 heterocycles. The van der Waals surface area contributed by atoms with Crippen molar-refractivity contribution in [2.24, 2.45) is 0 Å². The molecular weight excluding hydrogens is 360 g/mol. The standard InChI is InChI=1S/C21H17ClN4O/c22-17-6-2-1-5-16(17)14-26-19-8-4-3-7-18(19)25-20(26)13-24-21(27)15-9-11-23-12-10-15/h1-12H,13-14H2,(H,24,27). The van der Waals surface area contributed by atoms with Gasteiger partial charge in [-0.05, 0) is 35.9 Å². The highest BCUT2D eigenvalue weighted by atomic mass is 35.5. The molecule has 6 heteroatoms. The zero-order valence-electron chi connectivity index (χ0n) is 14.5. The van der Waals surface area contributed by atoms with Crippen molar-refractivity contribution in [2.75, 3.05) is 0 Å². The molecule has 134 valence electrons. The van der Waals surface area contributed by atoms with Crippen LogP contribution in [0.1, 0.15) is 21.7 Å². The molecule has 5 nitrogen and oxygen atoms in total. The molecule has 2 aromatic heterocycles. The van der Waals surface area contributed by atoms with Crippen LogP contribution in [0.3, 0.4) is 0 Å². The average Bonchev–Trinajstić information content (AvgIpc) is 3.06. The summed E-state index contributed by atoms with van der Waals surface area (Å²) in [6, 6.07) is 19.0. The zero-order valence-corrected chi connectivity index (χ0v) is 15.2. The molecule has 0 aliphatic rings. The Morgan fingerprint density at radius 3 is 2.56 bits per heavy atom. The lowest BCUT2D eigenvalue weighted by atomic mass is 10.2. The first-order valence-electron chi connectivity index (χ1n) is 8.58. The number of imidazole rings is 1. The highest BCUT2D eigenvalue weighted by Crippen LogP contribution is 2.21. The fourth-order valence-corrected chi connectivity index (χ4v) is 3.19. The van der Waals surface area contributed by atoms with Crippen molar-refractivity contribution in [1.82, 2.24) is 19.9 Å². The summed E-state index contributed by atoms with van der Waals surface area (Å²) in [5.74, 6) is 0.618. The summed E-state index contributed by atoms with van der Waals surface area (Å²) in [5.41, 5.74) is 3.46. The number of nitrogens with one attached hydrogen (secondary N) is 1. The van der Waals surface area contributed by atoms with Gasteiger partial charge in [0.15, 0.2) is 0 Å².